The van der Waals surface area contributed by atoms with Crippen LogP contribution in [-0.4, -0.2) is 33.2 Å². The Hall–Kier alpha value is -1.83. The SMILES string of the molecule is Cc1cc(N)nc(SC(C)C(=O)NC(=O)NC2CC2)n1. The van der Waals surface area contributed by atoms with Crippen molar-refractivity contribution in [3.05, 3.63) is 11.8 Å². The van der Waals surface area contributed by atoms with Gasteiger partial charge in [-0.1, -0.05) is 11.8 Å². The van der Waals surface area contributed by atoms with Crippen molar-refractivity contribution in [2.24, 2.45) is 0 Å². The summed E-state index contributed by atoms with van der Waals surface area (Å²) >= 11 is 1.16. The molecule has 1 aromatic heterocycles. The Bertz CT molecular complexity index is 512. The number of rotatable bonds is 4. The predicted octanol–water partition coefficient (Wildman–Crippen LogP) is 0.836. The van der Waals surface area contributed by atoms with Crippen molar-refractivity contribution in [3.63, 3.8) is 0 Å². The summed E-state index contributed by atoms with van der Waals surface area (Å²) in [5.41, 5.74) is 6.36. The van der Waals surface area contributed by atoms with Crippen LogP contribution in [0.15, 0.2) is 11.2 Å². The second kappa shape index (κ2) is 6.08. The highest BCUT2D eigenvalue weighted by atomic mass is 32.2. The maximum absolute atomic E-state index is 11.8. The lowest BCUT2D eigenvalue weighted by Crippen LogP contribution is -2.43. The monoisotopic (exact) mass is 295 g/mol. The van der Waals surface area contributed by atoms with E-state index in [2.05, 4.69) is 20.6 Å². The predicted molar refractivity (Wildman–Crippen MR) is 76.2 cm³/mol. The summed E-state index contributed by atoms with van der Waals surface area (Å²) < 4.78 is 0. The molecule has 3 amide bonds. The third-order valence-corrected chi connectivity index (χ3v) is 3.62. The van der Waals surface area contributed by atoms with E-state index in [0.29, 0.717) is 11.0 Å². The van der Waals surface area contributed by atoms with E-state index in [1.165, 1.54) is 0 Å². The van der Waals surface area contributed by atoms with E-state index in [0.717, 1.165) is 30.3 Å². The first-order valence-electron chi connectivity index (χ1n) is 6.33. The first-order chi connectivity index (χ1) is 9.44. The molecule has 1 aliphatic carbocycles. The fourth-order valence-corrected chi connectivity index (χ4v) is 2.33. The molecule has 0 aliphatic heterocycles. The summed E-state index contributed by atoms with van der Waals surface area (Å²) in [5.74, 6) is -0.0177. The summed E-state index contributed by atoms with van der Waals surface area (Å²) in [6.45, 7) is 3.49. The number of hydrogen-bond acceptors (Lipinski definition) is 6. The standard InChI is InChI=1S/C12H17N5O2S/c1-6-5-9(13)16-12(14-6)20-7(2)10(18)17-11(19)15-8-3-4-8/h5,7-8H,3-4H2,1-2H3,(H2,13,14,16)(H2,15,17,18,19). The van der Waals surface area contributed by atoms with Crippen molar-refractivity contribution in [2.45, 2.75) is 43.1 Å². The second-order valence-electron chi connectivity index (χ2n) is 4.71. The molecular formula is C12H17N5O2S. The van der Waals surface area contributed by atoms with Gasteiger partial charge in [-0.05, 0) is 26.7 Å². The Kier molecular flexibility index (Phi) is 4.43. The van der Waals surface area contributed by atoms with E-state index in [1.54, 1.807) is 19.9 Å². The molecule has 7 nitrogen and oxygen atoms in total. The molecule has 0 aromatic carbocycles. The van der Waals surface area contributed by atoms with Crippen LogP contribution in [0.4, 0.5) is 10.6 Å². The highest BCUT2D eigenvalue weighted by Gasteiger charge is 2.25. The maximum Gasteiger partial charge on any atom is 0.321 e. The van der Waals surface area contributed by atoms with Crippen LogP contribution >= 0.6 is 11.8 Å². The van der Waals surface area contributed by atoms with Crippen LogP contribution in [0.25, 0.3) is 0 Å². The number of carbonyl (C=O) groups excluding carboxylic acids is 2. The Morgan fingerprint density at radius 2 is 2.15 bits per heavy atom. The topological polar surface area (TPSA) is 110 Å². The van der Waals surface area contributed by atoms with Crippen molar-refractivity contribution >= 4 is 29.5 Å². The second-order valence-corrected chi connectivity index (χ2v) is 6.02. The van der Waals surface area contributed by atoms with Crippen LogP contribution in [0.5, 0.6) is 0 Å². The lowest BCUT2D eigenvalue weighted by atomic mass is 10.4. The third-order valence-electron chi connectivity index (χ3n) is 2.65. The summed E-state index contributed by atoms with van der Waals surface area (Å²) in [4.78, 5) is 31.5. The molecule has 2 rings (SSSR count). The quantitative estimate of drug-likeness (QED) is 0.561. The Labute approximate surface area is 121 Å². The minimum atomic E-state index is -0.485. The average Bonchev–Trinajstić information content (AvgIpc) is 3.10. The number of aryl methyl sites for hydroxylation is 1. The zero-order valence-electron chi connectivity index (χ0n) is 11.3. The summed E-state index contributed by atoms with van der Waals surface area (Å²) in [7, 11) is 0. The lowest BCUT2D eigenvalue weighted by molar-refractivity contribution is -0.119. The molecule has 0 radical (unpaired) electrons. The molecule has 108 valence electrons. The van der Waals surface area contributed by atoms with Crippen LogP contribution < -0.4 is 16.4 Å². The number of carbonyl (C=O) groups is 2. The number of nitrogen functional groups attached to an aromatic ring is 1. The van der Waals surface area contributed by atoms with Gasteiger partial charge in [0, 0.05) is 17.8 Å². The number of amides is 3. The largest absolute Gasteiger partial charge is 0.384 e. The molecule has 4 N–H and O–H groups in total. The lowest BCUT2D eigenvalue weighted by Gasteiger charge is -2.11. The molecular weight excluding hydrogens is 278 g/mol. The van der Waals surface area contributed by atoms with Crippen LogP contribution in [-0.2, 0) is 4.79 Å². The first kappa shape index (κ1) is 14.6. The van der Waals surface area contributed by atoms with E-state index in [-0.39, 0.29) is 11.9 Å². The number of aromatic nitrogens is 2. The normalized spacial score (nSPS) is 15.5. The number of nitrogens with one attached hydrogen (secondary N) is 2. The highest BCUT2D eigenvalue weighted by Crippen LogP contribution is 2.21. The zero-order chi connectivity index (χ0) is 14.7. The summed E-state index contributed by atoms with van der Waals surface area (Å²) in [6.07, 6.45) is 1.95. The maximum atomic E-state index is 11.8. The number of nitrogens with zero attached hydrogens (tertiary/aromatic N) is 2. The van der Waals surface area contributed by atoms with Crippen LogP contribution in [0.1, 0.15) is 25.5 Å². The van der Waals surface area contributed by atoms with E-state index < -0.39 is 11.3 Å². The van der Waals surface area contributed by atoms with Crippen molar-refractivity contribution in [3.8, 4) is 0 Å². The van der Waals surface area contributed by atoms with Crippen molar-refractivity contribution in [1.29, 1.82) is 0 Å². The van der Waals surface area contributed by atoms with Gasteiger partial charge in [0.25, 0.3) is 0 Å². The van der Waals surface area contributed by atoms with Gasteiger partial charge in [-0.25, -0.2) is 14.8 Å². The molecule has 1 aliphatic rings. The van der Waals surface area contributed by atoms with Crippen LogP contribution in [0.3, 0.4) is 0 Å². The zero-order valence-corrected chi connectivity index (χ0v) is 12.2. The van der Waals surface area contributed by atoms with Crippen LogP contribution in [0, 0.1) is 6.92 Å². The van der Waals surface area contributed by atoms with Gasteiger partial charge < -0.3 is 11.1 Å². The fraction of sp³-hybridized carbons (Fsp3) is 0.500. The molecule has 20 heavy (non-hydrogen) atoms. The van der Waals surface area contributed by atoms with Gasteiger partial charge in [0.2, 0.25) is 5.91 Å². The van der Waals surface area contributed by atoms with Gasteiger partial charge in [0.05, 0.1) is 5.25 Å². The molecule has 1 heterocycles. The van der Waals surface area contributed by atoms with Crippen molar-refractivity contribution < 1.29 is 9.59 Å². The number of anilines is 1. The molecule has 1 atom stereocenters. The average molecular weight is 295 g/mol. The van der Waals surface area contributed by atoms with Gasteiger partial charge in [0.1, 0.15) is 5.82 Å². The minimum absolute atomic E-state index is 0.214. The summed E-state index contributed by atoms with van der Waals surface area (Å²) in [5, 5.41) is 4.93. The van der Waals surface area contributed by atoms with Gasteiger partial charge in [-0.3, -0.25) is 10.1 Å². The molecule has 1 unspecified atom stereocenters. The number of imide groups is 1. The van der Waals surface area contributed by atoms with Gasteiger partial charge in [-0.2, -0.15) is 0 Å². The van der Waals surface area contributed by atoms with Gasteiger partial charge in [0.15, 0.2) is 5.16 Å². The van der Waals surface area contributed by atoms with Crippen molar-refractivity contribution in [2.75, 3.05) is 5.73 Å². The third kappa shape index (κ3) is 4.37. The van der Waals surface area contributed by atoms with E-state index in [9.17, 15) is 9.59 Å². The molecule has 0 spiro atoms. The Morgan fingerprint density at radius 1 is 1.45 bits per heavy atom. The first-order valence-corrected chi connectivity index (χ1v) is 7.21. The number of hydrogen-bond donors (Lipinski definition) is 3. The van der Waals surface area contributed by atoms with E-state index in [1.807, 2.05) is 0 Å². The summed E-state index contributed by atoms with van der Waals surface area (Å²) in [6, 6.07) is 1.41. The Morgan fingerprint density at radius 3 is 2.75 bits per heavy atom. The van der Waals surface area contributed by atoms with Gasteiger partial charge in [-0.15, -0.1) is 0 Å². The van der Waals surface area contributed by atoms with Crippen LogP contribution in [0.2, 0.25) is 0 Å². The minimum Gasteiger partial charge on any atom is -0.384 e. The molecule has 1 saturated carbocycles. The Balaban J connectivity index is 1.87. The van der Waals surface area contributed by atoms with E-state index >= 15 is 0 Å². The molecule has 0 saturated heterocycles. The number of thioether (sulfide) groups is 1. The molecule has 8 heteroatoms. The van der Waals surface area contributed by atoms with Crippen molar-refractivity contribution in [1.82, 2.24) is 20.6 Å². The fourth-order valence-electron chi connectivity index (χ4n) is 1.49. The number of nitrogens with two attached hydrogens (primary N) is 1. The molecule has 1 fully saturated rings. The number of urea groups is 1. The van der Waals surface area contributed by atoms with Gasteiger partial charge >= 0.3 is 6.03 Å². The van der Waals surface area contributed by atoms with E-state index in [4.69, 9.17) is 5.73 Å². The molecule has 1 aromatic rings. The smallest absolute Gasteiger partial charge is 0.321 e. The highest BCUT2D eigenvalue weighted by molar-refractivity contribution is 8.00. The molecule has 0 bridgehead atoms.